The summed E-state index contributed by atoms with van der Waals surface area (Å²) in [7, 11) is 1.69. The Morgan fingerprint density at radius 3 is 3.05 bits per heavy atom. The molecule has 3 heterocycles. The van der Waals surface area contributed by atoms with Crippen LogP contribution in [0.25, 0.3) is 0 Å². The van der Waals surface area contributed by atoms with Gasteiger partial charge in [-0.3, -0.25) is 9.89 Å². The van der Waals surface area contributed by atoms with Gasteiger partial charge >= 0.3 is 0 Å². The molecule has 3 rings (SSSR count). The molecular formula is C16H23N3O3. The van der Waals surface area contributed by atoms with E-state index in [-0.39, 0.29) is 18.1 Å². The fourth-order valence-corrected chi connectivity index (χ4v) is 3.21. The number of nitrogens with zero attached hydrogens (tertiary/aromatic N) is 2. The third kappa shape index (κ3) is 2.80. The Labute approximate surface area is 130 Å². The summed E-state index contributed by atoms with van der Waals surface area (Å²) < 4.78 is 10.9. The highest BCUT2D eigenvalue weighted by Gasteiger charge is 2.31. The summed E-state index contributed by atoms with van der Waals surface area (Å²) in [6, 6.07) is 0. The van der Waals surface area contributed by atoms with Crippen molar-refractivity contribution in [1.29, 1.82) is 0 Å². The molecule has 0 aromatic carbocycles. The zero-order chi connectivity index (χ0) is 15.7. The molecule has 2 atom stereocenters. The predicted octanol–water partition coefficient (Wildman–Crippen LogP) is 1.85. The zero-order valence-electron chi connectivity index (χ0n) is 13.4. The van der Waals surface area contributed by atoms with E-state index in [0.717, 1.165) is 30.6 Å². The van der Waals surface area contributed by atoms with Gasteiger partial charge < -0.3 is 14.4 Å². The van der Waals surface area contributed by atoms with Crippen LogP contribution in [0.2, 0.25) is 0 Å². The normalized spacial score (nSPS) is 24.9. The van der Waals surface area contributed by atoms with Crippen molar-refractivity contribution in [3.63, 3.8) is 0 Å². The highest BCUT2D eigenvalue weighted by molar-refractivity contribution is 5.94. The van der Waals surface area contributed by atoms with Crippen molar-refractivity contribution in [2.24, 2.45) is 0 Å². The van der Waals surface area contributed by atoms with Crippen molar-refractivity contribution in [1.82, 2.24) is 15.1 Å². The minimum Gasteiger partial charge on any atom is -0.380 e. The summed E-state index contributed by atoms with van der Waals surface area (Å²) in [6.07, 6.45) is 3.75. The number of carbonyl (C=O) groups is 1. The third-order valence-corrected chi connectivity index (χ3v) is 4.36. The monoisotopic (exact) mass is 305 g/mol. The second-order valence-electron chi connectivity index (χ2n) is 6.05. The Morgan fingerprint density at radius 2 is 2.36 bits per heavy atom. The van der Waals surface area contributed by atoms with Gasteiger partial charge in [0.15, 0.2) is 5.69 Å². The molecule has 0 saturated carbocycles. The van der Waals surface area contributed by atoms with E-state index in [1.54, 1.807) is 7.11 Å². The number of fused-ring (bicyclic) bond motifs is 1. The first-order valence-corrected chi connectivity index (χ1v) is 7.78. The van der Waals surface area contributed by atoms with Crippen molar-refractivity contribution in [3.8, 4) is 0 Å². The number of hydrogen-bond donors (Lipinski definition) is 1. The number of H-pyrrole nitrogens is 1. The summed E-state index contributed by atoms with van der Waals surface area (Å²) in [6.45, 7) is 6.01. The highest BCUT2D eigenvalue weighted by atomic mass is 16.5. The molecule has 2 aliphatic rings. The molecule has 120 valence electrons. The van der Waals surface area contributed by atoms with Crippen LogP contribution >= 0.6 is 0 Å². The lowest BCUT2D eigenvalue weighted by Crippen LogP contribution is -2.36. The fourth-order valence-electron chi connectivity index (χ4n) is 3.21. The summed E-state index contributed by atoms with van der Waals surface area (Å²) in [5, 5.41) is 7.26. The Morgan fingerprint density at radius 1 is 1.55 bits per heavy atom. The lowest BCUT2D eigenvalue weighted by molar-refractivity contribution is -0.00701. The molecule has 6 nitrogen and oxygen atoms in total. The largest absolute Gasteiger partial charge is 0.380 e. The number of rotatable bonds is 3. The van der Waals surface area contributed by atoms with E-state index in [0.29, 0.717) is 18.8 Å². The van der Waals surface area contributed by atoms with Gasteiger partial charge in [0.05, 0.1) is 24.5 Å². The molecular weight excluding hydrogens is 282 g/mol. The zero-order valence-corrected chi connectivity index (χ0v) is 13.4. The van der Waals surface area contributed by atoms with Gasteiger partial charge in [0.1, 0.15) is 0 Å². The van der Waals surface area contributed by atoms with Gasteiger partial charge in [-0.05, 0) is 25.8 Å². The molecule has 0 aliphatic carbocycles. The topological polar surface area (TPSA) is 67.5 Å². The summed E-state index contributed by atoms with van der Waals surface area (Å²) in [5.74, 6) is 0.00603. The first-order chi connectivity index (χ1) is 10.6. The van der Waals surface area contributed by atoms with Gasteiger partial charge in [-0.15, -0.1) is 0 Å². The lowest BCUT2D eigenvalue weighted by Gasteiger charge is -2.28. The SMILES string of the molecule is COCC1=CCN(C(=O)c2n[nH]c3c2C[C@H](C)O[C@@H]3C)CC1. The van der Waals surface area contributed by atoms with Crippen LogP contribution in [0.3, 0.4) is 0 Å². The number of methoxy groups -OCH3 is 1. The number of amides is 1. The van der Waals surface area contributed by atoms with E-state index in [1.165, 1.54) is 5.57 Å². The molecule has 1 amide bonds. The molecule has 1 aromatic rings. The van der Waals surface area contributed by atoms with Gasteiger partial charge in [0.25, 0.3) is 5.91 Å². The Kier molecular flexibility index (Phi) is 4.31. The molecule has 0 unspecified atom stereocenters. The van der Waals surface area contributed by atoms with Crippen molar-refractivity contribution < 1.29 is 14.3 Å². The van der Waals surface area contributed by atoms with Crippen LogP contribution in [0.4, 0.5) is 0 Å². The maximum absolute atomic E-state index is 12.8. The first-order valence-electron chi connectivity index (χ1n) is 7.78. The molecule has 0 spiro atoms. The summed E-state index contributed by atoms with van der Waals surface area (Å²) in [4.78, 5) is 14.6. The molecule has 1 aromatic heterocycles. The van der Waals surface area contributed by atoms with Crippen molar-refractivity contribution in [2.45, 2.75) is 38.9 Å². The van der Waals surface area contributed by atoms with E-state index in [1.807, 2.05) is 18.7 Å². The molecule has 2 aliphatic heterocycles. The molecule has 0 radical (unpaired) electrons. The minimum absolute atomic E-state index is 0.00603. The van der Waals surface area contributed by atoms with Crippen LogP contribution in [-0.4, -0.2) is 53.9 Å². The van der Waals surface area contributed by atoms with Crippen LogP contribution in [0.15, 0.2) is 11.6 Å². The number of carbonyl (C=O) groups excluding carboxylic acids is 1. The van der Waals surface area contributed by atoms with Crippen molar-refractivity contribution >= 4 is 5.91 Å². The van der Waals surface area contributed by atoms with E-state index < -0.39 is 0 Å². The van der Waals surface area contributed by atoms with Gasteiger partial charge in [-0.25, -0.2) is 0 Å². The predicted molar refractivity (Wildman–Crippen MR) is 81.7 cm³/mol. The number of ether oxygens (including phenoxy) is 2. The van der Waals surface area contributed by atoms with Crippen LogP contribution in [0.5, 0.6) is 0 Å². The molecule has 22 heavy (non-hydrogen) atoms. The number of aromatic amines is 1. The smallest absolute Gasteiger partial charge is 0.274 e. The average Bonchev–Trinajstić information content (AvgIpc) is 2.91. The van der Waals surface area contributed by atoms with Crippen LogP contribution in [0.1, 0.15) is 48.1 Å². The van der Waals surface area contributed by atoms with E-state index in [9.17, 15) is 4.79 Å². The Bertz CT molecular complexity index is 593. The maximum Gasteiger partial charge on any atom is 0.274 e. The number of hydrogen-bond acceptors (Lipinski definition) is 4. The number of aromatic nitrogens is 2. The first kappa shape index (κ1) is 15.2. The van der Waals surface area contributed by atoms with Crippen LogP contribution in [-0.2, 0) is 15.9 Å². The van der Waals surface area contributed by atoms with Crippen LogP contribution in [0, 0.1) is 0 Å². The fraction of sp³-hybridized carbons (Fsp3) is 0.625. The van der Waals surface area contributed by atoms with E-state index >= 15 is 0 Å². The highest BCUT2D eigenvalue weighted by Crippen LogP contribution is 2.30. The molecule has 0 fully saturated rings. The van der Waals surface area contributed by atoms with Gasteiger partial charge in [-0.2, -0.15) is 5.10 Å². The standard InChI is InChI=1S/C16H23N3O3/c1-10-8-13-14(11(2)22-10)17-18-15(13)16(20)19-6-4-12(5-7-19)9-21-3/h4,10-11H,5-9H2,1-3H3,(H,17,18)/t10-,11+/m0/s1. The lowest BCUT2D eigenvalue weighted by atomic mass is 9.99. The second-order valence-corrected chi connectivity index (χ2v) is 6.05. The Balaban J connectivity index is 1.77. The number of nitrogens with one attached hydrogen (secondary N) is 1. The van der Waals surface area contributed by atoms with Gasteiger partial charge in [0, 0.05) is 32.2 Å². The third-order valence-electron chi connectivity index (χ3n) is 4.36. The van der Waals surface area contributed by atoms with Crippen molar-refractivity contribution in [3.05, 3.63) is 28.6 Å². The summed E-state index contributed by atoms with van der Waals surface area (Å²) >= 11 is 0. The second kappa shape index (κ2) is 6.22. The Hall–Kier alpha value is -1.66. The van der Waals surface area contributed by atoms with E-state index in [2.05, 4.69) is 16.3 Å². The van der Waals surface area contributed by atoms with Gasteiger partial charge in [0.2, 0.25) is 0 Å². The average molecular weight is 305 g/mol. The summed E-state index contributed by atoms with van der Waals surface area (Å²) in [5.41, 5.74) is 3.77. The molecule has 1 N–H and O–H groups in total. The molecule has 6 heteroatoms. The molecule has 0 saturated heterocycles. The quantitative estimate of drug-likeness (QED) is 0.865. The molecule has 0 bridgehead atoms. The van der Waals surface area contributed by atoms with Crippen molar-refractivity contribution in [2.75, 3.05) is 26.8 Å². The van der Waals surface area contributed by atoms with E-state index in [4.69, 9.17) is 9.47 Å². The van der Waals surface area contributed by atoms with Crippen LogP contribution < -0.4 is 0 Å². The van der Waals surface area contributed by atoms with Gasteiger partial charge in [-0.1, -0.05) is 6.08 Å². The maximum atomic E-state index is 12.8. The minimum atomic E-state index is -0.0395.